The van der Waals surface area contributed by atoms with E-state index >= 15 is 0 Å². The van der Waals surface area contributed by atoms with Crippen molar-refractivity contribution in [2.75, 3.05) is 18.9 Å². The number of carbonyl (C=O) groups excluding carboxylic acids is 2. The number of hydrogen-bond donors (Lipinski definition) is 1. The third kappa shape index (κ3) is 5.17. The van der Waals surface area contributed by atoms with Crippen LogP contribution < -0.4 is 10.1 Å². The lowest BCUT2D eigenvalue weighted by atomic mass is 10.2. The summed E-state index contributed by atoms with van der Waals surface area (Å²) in [7, 11) is 1.54. The third-order valence-corrected chi connectivity index (χ3v) is 4.60. The standard InChI is InChI=1S/C19H20N4O4S/c1-12-4-6-14(7-5-12)26-10-18-20-15(11-28-18)19(25)23(3)9-17(24)21-16-8-13(2)27-22-16/h4-8,11H,9-10H2,1-3H3,(H,21,22,24). The molecular weight excluding hydrogens is 380 g/mol. The molecule has 0 unspecified atom stereocenters. The largest absolute Gasteiger partial charge is 0.486 e. The van der Waals surface area contributed by atoms with Gasteiger partial charge in [-0.2, -0.15) is 0 Å². The summed E-state index contributed by atoms with van der Waals surface area (Å²) in [6.07, 6.45) is 0. The van der Waals surface area contributed by atoms with E-state index in [2.05, 4.69) is 15.5 Å². The maximum absolute atomic E-state index is 12.5. The van der Waals surface area contributed by atoms with Gasteiger partial charge >= 0.3 is 0 Å². The van der Waals surface area contributed by atoms with Crippen molar-refractivity contribution in [3.05, 3.63) is 57.7 Å². The molecule has 2 aromatic heterocycles. The molecule has 146 valence electrons. The van der Waals surface area contributed by atoms with Crippen LogP contribution in [0, 0.1) is 13.8 Å². The van der Waals surface area contributed by atoms with E-state index in [4.69, 9.17) is 9.26 Å². The van der Waals surface area contributed by atoms with E-state index in [0.29, 0.717) is 16.6 Å². The first kappa shape index (κ1) is 19.6. The number of thiazole rings is 1. The van der Waals surface area contributed by atoms with Crippen molar-refractivity contribution in [1.29, 1.82) is 0 Å². The first-order valence-electron chi connectivity index (χ1n) is 8.53. The summed E-state index contributed by atoms with van der Waals surface area (Å²) >= 11 is 1.34. The van der Waals surface area contributed by atoms with Crippen molar-refractivity contribution in [2.45, 2.75) is 20.5 Å². The maximum Gasteiger partial charge on any atom is 0.273 e. The Labute approximate surface area is 166 Å². The fourth-order valence-corrected chi connectivity index (χ4v) is 3.02. The number of ether oxygens (including phenoxy) is 1. The van der Waals surface area contributed by atoms with Crippen molar-refractivity contribution >= 4 is 29.0 Å². The highest BCUT2D eigenvalue weighted by Gasteiger charge is 2.18. The summed E-state index contributed by atoms with van der Waals surface area (Å²) in [6.45, 7) is 3.88. The van der Waals surface area contributed by atoms with Crippen LogP contribution in [0.15, 0.2) is 40.2 Å². The number of amides is 2. The second-order valence-electron chi connectivity index (χ2n) is 6.26. The lowest BCUT2D eigenvalue weighted by molar-refractivity contribution is -0.116. The summed E-state index contributed by atoms with van der Waals surface area (Å²) in [5.41, 5.74) is 1.43. The SMILES string of the molecule is Cc1ccc(OCc2nc(C(=O)N(C)CC(=O)Nc3cc(C)on3)cs2)cc1. The first-order chi connectivity index (χ1) is 13.4. The number of rotatable bonds is 7. The smallest absolute Gasteiger partial charge is 0.273 e. The van der Waals surface area contributed by atoms with Gasteiger partial charge in [0.1, 0.15) is 28.8 Å². The molecule has 2 heterocycles. The van der Waals surface area contributed by atoms with Gasteiger partial charge in [0.05, 0.1) is 6.54 Å². The molecule has 0 atom stereocenters. The van der Waals surface area contributed by atoms with E-state index in [9.17, 15) is 9.59 Å². The topological polar surface area (TPSA) is 97.6 Å². The minimum Gasteiger partial charge on any atom is -0.486 e. The van der Waals surface area contributed by atoms with Crippen molar-refractivity contribution in [1.82, 2.24) is 15.0 Å². The quantitative estimate of drug-likeness (QED) is 0.655. The van der Waals surface area contributed by atoms with E-state index < -0.39 is 0 Å². The van der Waals surface area contributed by atoms with Crippen molar-refractivity contribution in [3.63, 3.8) is 0 Å². The minimum atomic E-state index is -0.373. The van der Waals surface area contributed by atoms with Gasteiger partial charge in [0.25, 0.3) is 5.91 Å². The second kappa shape index (κ2) is 8.66. The molecule has 0 spiro atoms. The molecule has 0 saturated carbocycles. The van der Waals surface area contributed by atoms with E-state index in [1.165, 1.54) is 23.3 Å². The van der Waals surface area contributed by atoms with Crippen LogP contribution in [-0.4, -0.2) is 40.4 Å². The number of hydrogen-bond acceptors (Lipinski definition) is 7. The van der Waals surface area contributed by atoms with E-state index in [0.717, 1.165) is 11.3 Å². The number of nitrogens with zero attached hydrogens (tertiary/aromatic N) is 3. The number of carbonyl (C=O) groups is 2. The molecule has 0 aliphatic heterocycles. The van der Waals surface area contributed by atoms with Crippen LogP contribution in [0.3, 0.4) is 0 Å². The average Bonchev–Trinajstić information content (AvgIpc) is 3.29. The summed E-state index contributed by atoms with van der Waals surface area (Å²) in [4.78, 5) is 30.1. The predicted octanol–water partition coefficient (Wildman–Crippen LogP) is 3.04. The Morgan fingerprint density at radius 1 is 1.25 bits per heavy atom. The van der Waals surface area contributed by atoms with Gasteiger partial charge in [0.2, 0.25) is 5.91 Å². The predicted molar refractivity (Wildman–Crippen MR) is 104 cm³/mol. The van der Waals surface area contributed by atoms with Crippen LogP contribution in [0.2, 0.25) is 0 Å². The molecular formula is C19H20N4O4S. The number of nitrogens with one attached hydrogen (secondary N) is 1. The molecule has 3 aromatic rings. The highest BCUT2D eigenvalue weighted by atomic mass is 32.1. The van der Waals surface area contributed by atoms with Crippen molar-refractivity contribution in [3.8, 4) is 5.75 Å². The molecule has 0 saturated heterocycles. The molecule has 0 bridgehead atoms. The van der Waals surface area contributed by atoms with Gasteiger partial charge in [-0.15, -0.1) is 11.3 Å². The third-order valence-electron chi connectivity index (χ3n) is 3.78. The van der Waals surface area contributed by atoms with E-state index in [1.807, 2.05) is 31.2 Å². The molecule has 0 radical (unpaired) electrons. The highest BCUT2D eigenvalue weighted by Crippen LogP contribution is 2.17. The zero-order valence-corrected chi connectivity index (χ0v) is 16.6. The van der Waals surface area contributed by atoms with Gasteiger partial charge in [0.15, 0.2) is 5.82 Å². The fourth-order valence-electron chi connectivity index (χ4n) is 2.35. The monoisotopic (exact) mass is 400 g/mol. The number of aromatic nitrogens is 2. The Bertz CT molecular complexity index is 964. The average molecular weight is 400 g/mol. The van der Waals surface area contributed by atoms with E-state index in [1.54, 1.807) is 18.4 Å². The Morgan fingerprint density at radius 3 is 2.68 bits per heavy atom. The molecule has 2 amide bonds. The van der Waals surface area contributed by atoms with Gasteiger partial charge in [0, 0.05) is 18.5 Å². The first-order valence-corrected chi connectivity index (χ1v) is 9.41. The maximum atomic E-state index is 12.5. The lowest BCUT2D eigenvalue weighted by Crippen LogP contribution is -2.35. The molecule has 0 aliphatic carbocycles. The molecule has 28 heavy (non-hydrogen) atoms. The fraction of sp³-hybridized carbons (Fsp3) is 0.263. The zero-order chi connectivity index (χ0) is 20.1. The van der Waals surface area contributed by atoms with Crippen LogP contribution >= 0.6 is 11.3 Å². The molecule has 9 heteroatoms. The number of likely N-dealkylation sites (N-methyl/N-ethyl adjacent to an activating group) is 1. The molecule has 1 N–H and O–H groups in total. The van der Waals surface area contributed by atoms with Crippen LogP contribution in [0.25, 0.3) is 0 Å². The van der Waals surface area contributed by atoms with Crippen LogP contribution in [0.1, 0.15) is 26.8 Å². The highest BCUT2D eigenvalue weighted by molar-refractivity contribution is 7.09. The Morgan fingerprint density at radius 2 is 2.00 bits per heavy atom. The number of anilines is 1. The molecule has 3 rings (SSSR count). The molecule has 0 aliphatic rings. The zero-order valence-electron chi connectivity index (χ0n) is 15.8. The summed E-state index contributed by atoms with van der Waals surface area (Å²) in [5, 5.41) is 8.60. The van der Waals surface area contributed by atoms with Gasteiger partial charge in [-0.3, -0.25) is 9.59 Å². The van der Waals surface area contributed by atoms with Gasteiger partial charge < -0.3 is 19.5 Å². The second-order valence-corrected chi connectivity index (χ2v) is 7.20. The van der Waals surface area contributed by atoms with Gasteiger partial charge in [-0.1, -0.05) is 22.9 Å². The molecule has 0 fully saturated rings. The number of benzene rings is 1. The van der Waals surface area contributed by atoms with Gasteiger partial charge in [-0.25, -0.2) is 4.98 Å². The lowest BCUT2D eigenvalue weighted by Gasteiger charge is -2.14. The Hall–Kier alpha value is -3.20. The summed E-state index contributed by atoms with van der Waals surface area (Å²) in [6, 6.07) is 9.30. The van der Waals surface area contributed by atoms with E-state index in [-0.39, 0.29) is 30.7 Å². The Kier molecular flexibility index (Phi) is 6.05. The van der Waals surface area contributed by atoms with Crippen molar-refractivity contribution < 1.29 is 18.8 Å². The van der Waals surface area contributed by atoms with Crippen LogP contribution in [0.4, 0.5) is 5.82 Å². The normalized spacial score (nSPS) is 10.5. The summed E-state index contributed by atoms with van der Waals surface area (Å²) < 4.78 is 10.6. The summed E-state index contributed by atoms with van der Waals surface area (Å²) in [5.74, 6) is 0.923. The van der Waals surface area contributed by atoms with Gasteiger partial charge in [-0.05, 0) is 26.0 Å². The number of aryl methyl sites for hydroxylation is 2. The van der Waals surface area contributed by atoms with Crippen LogP contribution in [-0.2, 0) is 11.4 Å². The molecule has 1 aromatic carbocycles. The Balaban J connectivity index is 1.52. The minimum absolute atomic E-state index is 0.128. The molecule has 8 nitrogen and oxygen atoms in total. The van der Waals surface area contributed by atoms with Crippen molar-refractivity contribution in [2.24, 2.45) is 0 Å². The van der Waals surface area contributed by atoms with Crippen LogP contribution in [0.5, 0.6) is 5.75 Å².